The summed E-state index contributed by atoms with van der Waals surface area (Å²) in [6, 6.07) is 11.5. The number of benzene rings is 1. The molecule has 0 saturated carbocycles. The van der Waals surface area contributed by atoms with Gasteiger partial charge < -0.3 is 14.0 Å². The molecular weight excluding hydrogens is 302 g/mol. The van der Waals surface area contributed by atoms with E-state index in [2.05, 4.69) is 4.98 Å². The molecule has 3 aromatic rings. The molecule has 0 spiro atoms. The number of aromatic nitrogens is 2. The average Bonchev–Trinajstić information content (AvgIpc) is 2.96. The lowest BCUT2D eigenvalue weighted by Crippen LogP contribution is -2.42. The van der Waals surface area contributed by atoms with Crippen LogP contribution in [-0.2, 0) is 6.61 Å². The third-order valence-electron chi connectivity index (χ3n) is 4.36. The van der Waals surface area contributed by atoms with Gasteiger partial charge in [0.05, 0.1) is 11.3 Å². The van der Waals surface area contributed by atoms with E-state index in [1.54, 1.807) is 0 Å². The molecule has 24 heavy (non-hydrogen) atoms. The molecule has 0 radical (unpaired) electrons. The summed E-state index contributed by atoms with van der Waals surface area (Å²) in [6.45, 7) is 4.04. The summed E-state index contributed by atoms with van der Waals surface area (Å²) in [7, 11) is 0. The van der Waals surface area contributed by atoms with E-state index >= 15 is 0 Å². The number of rotatable bonds is 4. The monoisotopic (exact) mass is 321 g/mol. The Hall–Kier alpha value is -2.82. The van der Waals surface area contributed by atoms with Gasteiger partial charge in [-0.1, -0.05) is 18.2 Å². The molecule has 0 bridgehead atoms. The number of hydrogen-bond donors (Lipinski definition) is 0. The summed E-state index contributed by atoms with van der Waals surface area (Å²) >= 11 is 0. The number of carbonyl (C=O) groups is 1. The van der Waals surface area contributed by atoms with Crippen molar-refractivity contribution < 1.29 is 9.53 Å². The lowest BCUT2D eigenvalue weighted by atomic mass is 10.1. The normalized spacial score (nSPS) is 13.8. The van der Waals surface area contributed by atoms with E-state index in [1.165, 1.54) is 0 Å². The second-order valence-electron chi connectivity index (χ2n) is 6.08. The van der Waals surface area contributed by atoms with Gasteiger partial charge in [0.2, 0.25) is 0 Å². The van der Waals surface area contributed by atoms with Crippen LogP contribution in [0.2, 0.25) is 0 Å². The van der Waals surface area contributed by atoms with E-state index in [0.717, 1.165) is 36.4 Å². The fourth-order valence-electron chi connectivity index (χ4n) is 2.88. The molecule has 1 aliphatic heterocycles. The van der Waals surface area contributed by atoms with Gasteiger partial charge in [0.15, 0.2) is 0 Å². The van der Waals surface area contributed by atoms with Crippen LogP contribution in [-0.4, -0.2) is 33.3 Å². The second-order valence-corrected chi connectivity index (χ2v) is 6.08. The zero-order chi connectivity index (χ0) is 16.5. The minimum Gasteiger partial charge on any atom is -0.486 e. The van der Waals surface area contributed by atoms with E-state index in [0.29, 0.717) is 17.9 Å². The molecule has 0 aliphatic carbocycles. The van der Waals surface area contributed by atoms with Gasteiger partial charge in [-0.15, -0.1) is 0 Å². The van der Waals surface area contributed by atoms with Crippen LogP contribution in [0.4, 0.5) is 0 Å². The molecule has 1 saturated heterocycles. The first-order chi connectivity index (χ1) is 11.7. The molecule has 122 valence electrons. The van der Waals surface area contributed by atoms with Gasteiger partial charge in [-0.3, -0.25) is 4.79 Å². The van der Waals surface area contributed by atoms with Crippen LogP contribution in [0, 0.1) is 6.92 Å². The van der Waals surface area contributed by atoms with Gasteiger partial charge in [0.1, 0.15) is 18.0 Å². The Balaban J connectivity index is 1.54. The number of para-hydroxylation sites is 1. The molecule has 1 aromatic carbocycles. The maximum atomic E-state index is 12.5. The Labute approximate surface area is 140 Å². The zero-order valence-corrected chi connectivity index (χ0v) is 13.6. The number of aryl methyl sites for hydroxylation is 1. The van der Waals surface area contributed by atoms with E-state index in [4.69, 9.17) is 4.74 Å². The van der Waals surface area contributed by atoms with Gasteiger partial charge in [-0.2, -0.15) is 0 Å². The quantitative estimate of drug-likeness (QED) is 0.742. The SMILES string of the molecule is Cc1cccn2cc(COc3ccccc3C(=O)N3CCC3)nc12. The average molecular weight is 321 g/mol. The number of imidazole rings is 1. The van der Waals surface area contributed by atoms with E-state index < -0.39 is 0 Å². The van der Waals surface area contributed by atoms with E-state index in [9.17, 15) is 4.79 Å². The number of ether oxygens (including phenoxy) is 1. The second kappa shape index (κ2) is 6.00. The van der Waals surface area contributed by atoms with E-state index in [-0.39, 0.29) is 5.91 Å². The highest BCUT2D eigenvalue weighted by Gasteiger charge is 2.24. The third kappa shape index (κ3) is 2.62. The maximum absolute atomic E-state index is 12.5. The molecule has 0 N–H and O–H groups in total. The minimum absolute atomic E-state index is 0.0442. The zero-order valence-electron chi connectivity index (χ0n) is 13.6. The standard InChI is InChI=1S/C19H19N3O2/c1-14-6-4-9-22-12-15(20-18(14)22)13-24-17-8-3-2-7-16(17)19(23)21-10-5-11-21/h2-4,6-9,12H,5,10-11,13H2,1H3. The fraction of sp³-hybridized carbons (Fsp3) is 0.263. The van der Waals surface area contributed by atoms with Crippen molar-refractivity contribution in [2.45, 2.75) is 20.0 Å². The van der Waals surface area contributed by atoms with Crippen molar-refractivity contribution in [3.63, 3.8) is 0 Å². The maximum Gasteiger partial charge on any atom is 0.257 e. The number of likely N-dealkylation sites (tertiary alicyclic amines) is 1. The van der Waals surface area contributed by atoms with Crippen LogP contribution in [0.3, 0.4) is 0 Å². The fourth-order valence-corrected chi connectivity index (χ4v) is 2.88. The van der Waals surface area contributed by atoms with Crippen LogP contribution in [0.1, 0.15) is 28.0 Å². The Kier molecular flexibility index (Phi) is 3.69. The van der Waals surface area contributed by atoms with Crippen LogP contribution in [0.15, 0.2) is 48.8 Å². The molecule has 1 fully saturated rings. The molecule has 4 rings (SSSR count). The van der Waals surface area contributed by atoms with Crippen molar-refractivity contribution in [1.29, 1.82) is 0 Å². The van der Waals surface area contributed by atoms with Gasteiger partial charge in [0.25, 0.3) is 5.91 Å². The van der Waals surface area contributed by atoms with Crippen LogP contribution < -0.4 is 4.74 Å². The van der Waals surface area contributed by atoms with Gasteiger partial charge >= 0.3 is 0 Å². The molecular formula is C19H19N3O2. The van der Waals surface area contributed by atoms with Gasteiger partial charge in [-0.05, 0) is 37.1 Å². The summed E-state index contributed by atoms with van der Waals surface area (Å²) in [4.78, 5) is 18.9. The topological polar surface area (TPSA) is 46.8 Å². The number of hydrogen-bond acceptors (Lipinski definition) is 3. The van der Waals surface area contributed by atoms with Crippen LogP contribution in [0.25, 0.3) is 5.65 Å². The van der Waals surface area contributed by atoms with Crippen molar-refractivity contribution in [3.05, 3.63) is 65.6 Å². The molecule has 2 aromatic heterocycles. The minimum atomic E-state index is 0.0442. The highest BCUT2D eigenvalue weighted by molar-refractivity contribution is 5.97. The molecule has 5 heteroatoms. The summed E-state index contributed by atoms with van der Waals surface area (Å²) in [6.07, 6.45) is 5.01. The van der Waals surface area contributed by atoms with Crippen LogP contribution >= 0.6 is 0 Å². The molecule has 0 unspecified atom stereocenters. The molecule has 5 nitrogen and oxygen atoms in total. The molecule has 0 atom stereocenters. The van der Waals surface area contributed by atoms with Crippen molar-refractivity contribution in [2.24, 2.45) is 0 Å². The first-order valence-electron chi connectivity index (χ1n) is 8.17. The van der Waals surface area contributed by atoms with Crippen molar-refractivity contribution >= 4 is 11.6 Å². The summed E-state index contributed by atoms with van der Waals surface area (Å²) in [5, 5.41) is 0. The third-order valence-corrected chi connectivity index (χ3v) is 4.36. The highest BCUT2D eigenvalue weighted by atomic mass is 16.5. The largest absolute Gasteiger partial charge is 0.486 e. The number of carbonyl (C=O) groups excluding carboxylic acids is 1. The lowest BCUT2D eigenvalue weighted by Gasteiger charge is -2.31. The first-order valence-corrected chi connectivity index (χ1v) is 8.17. The predicted octanol–water partition coefficient (Wildman–Crippen LogP) is 3.07. The number of amides is 1. The first kappa shape index (κ1) is 14.8. The number of nitrogens with zero attached hydrogens (tertiary/aromatic N) is 3. The number of pyridine rings is 1. The molecule has 3 heterocycles. The predicted molar refractivity (Wildman–Crippen MR) is 91.2 cm³/mol. The van der Waals surface area contributed by atoms with E-state index in [1.807, 2.05) is 65.0 Å². The Morgan fingerprint density at radius 3 is 2.79 bits per heavy atom. The summed E-state index contributed by atoms with van der Waals surface area (Å²) in [5.41, 5.74) is 3.52. The Morgan fingerprint density at radius 1 is 1.21 bits per heavy atom. The van der Waals surface area contributed by atoms with Crippen molar-refractivity contribution in [1.82, 2.24) is 14.3 Å². The summed E-state index contributed by atoms with van der Waals surface area (Å²) < 4.78 is 7.90. The lowest BCUT2D eigenvalue weighted by molar-refractivity contribution is 0.0647. The Bertz CT molecular complexity index is 897. The number of fused-ring (bicyclic) bond motifs is 1. The Morgan fingerprint density at radius 2 is 2.04 bits per heavy atom. The molecule has 1 aliphatic rings. The van der Waals surface area contributed by atoms with Gasteiger partial charge in [0, 0.05) is 25.5 Å². The van der Waals surface area contributed by atoms with Crippen LogP contribution in [0.5, 0.6) is 5.75 Å². The van der Waals surface area contributed by atoms with Crippen molar-refractivity contribution in [2.75, 3.05) is 13.1 Å². The highest BCUT2D eigenvalue weighted by Crippen LogP contribution is 2.23. The molecule has 1 amide bonds. The smallest absolute Gasteiger partial charge is 0.257 e. The van der Waals surface area contributed by atoms with Crippen molar-refractivity contribution in [3.8, 4) is 5.75 Å². The van der Waals surface area contributed by atoms with Gasteiger partial charge in [-0.25, -0.2) is 4.98 Å². The summed E-state index contributed by atoms with van der Waals surface area (Å²) in [5.74, 6) is 0.658.